The molecule has 4 rings (SSSR count). The van der Waals surface area contributed by atoms with Gasteiger partial charge in [0, 0.05) is 25.6 Å². The number of sulfonamides is 1. The number of nitrogens with zero attached hydrogens (tertiary/aromatic N) is 2. The van der Waals surface area contributed by atoms with Gasteiger partial charge < -0.3 is 14.8 Å². The van der Waals surface area contributed by atoms with E-state index < -0.39 is 10.0 Å². The Bertz CT molecular complexity index is 1120. The number of methoxy groups -OCH3 is 1. The summed E-state index contributed by atoms with van der Waals surface area (Å²) in [5.74, 6) is 0.350. The van der Waals surface area contributed by atoms with E-state index in [2.05, 4.69) is 19.9 Å². The van der Waals surface area contributed by atoms with Gasteiger partial charge in [0.2, 0.25) is 15.9 Å². The monoisotopic (exact) mass is 522 g/mol. The van der Waals surface area contributed by atoms with Crippen LogP contribution in [-0.4, -0.2) is 70.7 Å². The van der Waals surface area contributed by atoms with Crippen molar-refractivity contribution in [2.75, 3.05) is 51.8 Å². The lowest BCUT2D eigenvalue weighted by molar-refractivity contribution is -0.119. The minimum absolute atomic E-state index is 0.0158. The molecule has 2 heterocycles. The highest BCUT2D eigenvalue weighted by molar-refractivity contribution is 7.89. The van der Waals surface area contributed by atoms with Gasteiger partial charge in [0.25, 0.3) is 0 Å². The number of nitrogens with one attached hydrogen (secondary N) is 2. The summed E-state index contributed by atoms with van der Waals surface area (Å²) in [7, 11) is -2.32. The van der Waals surface area contributed by atoms with Crippen LogP contribution in [0.15, 0.2) is 23.1 Å². The van der Waals surface area contributed by atoms with Gasteiger partial charge in [-0.1, -0.05) is 24.2 Å². The van der Waals surface area contributed by atoms with Gasteiger partial charge in [0.15, 0.2) is 5.13 Å². The molecule has 1 aromatic heterocycles. The molecule has 0 radical (unpaired) electrons. The van der Waals surface area contributed by atoms with Crippen molar-refractivity contribution in [2.45, 2.75) is 43.9 Å². The molecule has 192 valence electrons. The van der Waals surface area contributed by atoms with Crippen LogP contribution in [0.25, 0.3) is 10.4 Å². The number of thiazole rings is 1. The number of rotatable bonds is 10. The average molecular weight is 523 g/mol. The van der Waals surface area contributed by atoms with Crippen molar-refractivity contribution >= 4 is 32.4 Å². The van der Waals surface area contributed by atoms with E-state index >= 15 is 0 Å². The Labute approximate surface area is 211 Å². The van der Waals surface area contributed by atoms with E-state index in [1.807, 2.05) is 13.0 Å². The molecule has 1 aliphatic carbocycles. The number of morpholine rings is 1. The molecule has 2 aliphatic rings. The predicted molar refractivity (Wildman–Crippen MR) is 136 cm³/mol. The van der Waals surface area contributed by atoms with Gasteiger partial charge in [-0.25, -0.2) is 18.1 Å². The third-order valence-electron chi connectivity index (χ3n) is 6.51. The van der Waals surface area contributed by atoms with Gasteiger partial charge >= 0.3 is 0 Å². The van der Waals surface area contributed by atoms with Gasteiger partial charge in [-0.15, -0.1) is 0 Å². The zero-order valence-corrected chi connectivity index (χ0v) is 22.0. The smallest absolute Gasteiger partial charge is 0.244 e. The summed E-state index contributed by atoms with van der Waals surface area (Å²) >= 11 is 1.35. The molecular formula is C24H34N4O5S2. The Hall–Kier alpha value is -2.05. The second-order valence-electron chi connectivity index (χ2n) is 8.98. The number of carbonyl (C=O) groups is 1. The highest BCUT2D eigenvalue weighted by Crippen LogP contribution is 2.37. The van der Waals surface area contributed by atoms with E-state index in [1.54, 1.807) is 12.1 Å². The first-order valence-electron chi connectivity index (χ1n) is 12.1. The minimum Gasteiger partial charge on any atom is -0.495 e. The number of anilines is 1. The maximum atomic E-state index is 13.1. The first kappa shape index (κ1) is 26.0. The van der Waals surface area contributed by atoms with Crippen LogP contribution < -0.4 is 14.8 Å². The van der Waals surface area contributed by atoms with Crippen molar-refractivity contribution in [1.82, 2.24) is 14.6 Å². The van der Waals surface area contributed by atoms with Crippen molar-refractivity contribution in [3.8, 4) is 16.2 Å². The van der Waals surface area contributed by atoms with Crippen LogP contribution in [-0.2, 0) is 19.6 Å². The Balaban J connectivity index is 1.45. The van der Waals surface area contributed by atoms with E-state index in [1.165, 1.54) is 18.4 Å². The van der Waals surface area contributed by atoms with E-state index in [0.29, 0.717) is 18.1 Å². The summed E-state index contributed by atoms with van der Waals surface area (Å²) in [6.07, 6.45) is 4.72. The van der Waals surface area contributed by atoms with Crippen molar-refractivity contribution < 1.29 is 22.7 Å². The van der Waals surface area contributed by atoms with Crippen LogP contribution in [0.5, 0.6) is 5.75 Å². The molecular weight excluding hydrogens is 488 g/mol. The standard InChI is InChI=1S/C24H34N4O5S2/c1-17-22(34-24(26-17)27-23(29)18-6-3-4-7-18)19-8-9-20(32-2)21(16-19)35(30,31)25-10-5-11-28-12-14-33-15-13-28/h8-9,16,18,25H,3-7,10-15H2,1-2H3,(H,26,27,29). The van der Waals surface area contributed by atoms with Crippen LogP contribution in [0, 0.1) is 12.8 Å². The molecule has 0 atom stereocenters. The number of aromatic nitrogens is 1. The summed E-state index contributed by atoms with van der Waals surface area (Å²) in [4.78, 5) is 20.2. The molecule has 1 aromatic carbocycles. The van der Waals surface area contributed by atoms with Gasteiger partial charge in [0.05, 0.1) is 30.9 Å². The van der Waals surface area contributed by atoms with Crippen molar-refractivity contribution in [1.29, 1.82) is 0 Å². The molecule has 0 bridgehead atoms. The molecule has 35 heavy (non-hydrogen) atoms. The number of amides is 1. The second-order valence-corrected chi connectivity index (χ2v) is 11.7. The Morgan fingerprint density at radius 1 is 1.26 bits per heavy atom. The van der Waals surface area contributed by atoms with Crippen LogP contribution in [0.1, 0.15) is 37.8 Å². The number of carbonyl (C=O) groups excluding carboxylic acids is 1. The topological polar surface area (TPSA) is 110 Å². The second kappa shape index (κ2) is 11.8. The molecule has 2 fully saturated rings. The van der Waals surface area contributed by atoms with Crippen molar-refractivity contribution in [2.24, 2.45) is 5.92 Å². The molecule has 0 unspecified atom stereocenters. The summed E-state index contributed by atoms with van der Waals surface area (Å²) < 4.78 is 39.7. The zero-order valence-electron chi connectivity index (χ0n) is 20.3. The van der Waals surface area contributed by atoms with E-state index in [0.717, 1.165) is 74.7 Å². The minimum atomic E-state index is -3.78. The van der Waals surface area contributed by atoms with E-state index in [-0.39, 0.29) is 22.5 Å². The van der Waals surface area contributed by atoms with E-state index in [4.69, 9.17) is 9.47 Å². The maximum Gasteiger partial charge on any atom is 0.244 e. The van der Waals surface area contributed by atoms with Crippen LogP contribution >= 0.6 is 11.3 Å². The third-order valence-corrected chi connectivity index (χ3v) is 9.12. The number of benzene rings is 1. The summed E-state index contributed by atoms with van der Waals surface area (Å²) in [6.45, 7) is 6.21. The third kappa shape index (κ3) is 6.59. The van der Waals surface area contributed by atoms with Crippen molar-refractivity contribution in [3.05, 3.63) is 23.9 Å². The first-order chi connectivity index (χ1) is 16.9. The fourth-order valence-electron chi connectivity index (χ4n) is 4.55. The summed E-state index contributed by atoms with van der Waals surface area (Å²) in [5.41, 5.74) is 1.46. The van der Waals surface area contributed by atoms with Crippen LogP contribution in [0.3, 0.4) is 0 Å². The van der Waals surface area contributed by atoms with Crippen molar-refractivity contribution in [3.63, 3.8) is 0 Å². The number of ether oxygens (including phenoxy) is 2. The number of hydrogen-bond acceptors (Lipinski definition) is 8. The van der Waals surface area contributed by atoms with Gasteiger partial charge in [-0.2, -0.15) is 0 Å². The molecule has 1 saturated heterocycles. The summed E-state index contributed by atoms with van der Waals surface area (Å²) in [6, 6.07) is 5.10. The fraction of sp³-hybridized carbons (Fsp3) is 0.583. The summed E-state index contributed by atoms with van der Waals surface area (Å²) in [5, 5.41) is 3.48. The number of hydrogen-bond donors (Lipinski definition) is 2. The highest BCUT2D eigenvalue weighted by atomic mass is 32.2. The van der Waals surface area contributed by atoms with Crippen LogP contribution in [0.4, 0.5) is 5.13 Å². The Kier molecular flexibility index (Phi) is 8.77. The predicted octanol–water partition coefficient (Wildman–Crippen LogP) is 3.26. The highest BCUT2D eigenvalue weighted by Gasteiger charge is 2.25. The van der Waals surface area contributed by atoms with Gasteiger partial charge in [-0.3, -0.25) is 9.69 Å². The Morgan fingerprint density at radius 2 is 2.00 bits per heavy atom. The quantitative estimate of drug-likeness (QED) is 0.461. The molecule has 1 saturated carbocycles. The zero-order chi connectivity index (χ0) is 24.8. The SMILES string of the molecule is COc1ccc(-c2sc(NC(=O)C3CCCC3)nc2C)cc1S(=O)(=O)NCCCN1CCOCC1. The first-order valence-corrected chi connectivity index (χ1v) is 14.4. The fourth-order valence-corrected chi connectivity index (χ4v) is 6.79. The molecule has 9 nitrogen and oxygen atoms in total. The van der Waals surface area contributed by atoms with Gasteiger partial charge in [0.1, 0.15) is 10.6 Å². The molecule has 11 heteroatoms. The van der Waals surface area contributed by atoms with E-state index in [9.17, 15) is 13.2 Å². The van der Waals surface area contributed by atoms with Gasteiger partial charge in [-0.05, 0) is 56.5 Å². The molecule has 0 spiro atoms. The lowest BCUT2D eigenvalue weighted by Crippen LogP contribution is -2.38. The maximum absolute atomic E-state index is 13.1. The largest absolute Gasteiger partial charge is 0.495 e. The lowest BCUT2D eigenvalue weighted by Gasteiger charge is -2.26. The molecule has 1 amide bonds. The Morgan fingerprint density at radius 3 is 2.71 bits per heavy atom. The van der Waals surface area contributed by atoms with Crippen LogP contribution in [0.2, 0.25) is 0 Å². The average Bonchev–Trinajstić information content (AvgIpc) is 3.52. The molecule has 2 N–H and O–H groups in total. The normalized spacial score (nSPS) is 17.5. The molecule has 1 aliphatic heterocycles. The number of aryl methyl sites for hydroxylation is 1. The lowest BCUT2D eigenvalue weighted by atomic mass is 10.1. The molecule has 2 aromatic rings.